The van der Waals surface area contributed by atoms with Crippen LogP contribution in [0.3, 0.4) is 0 Å². The van der Waals surface area contributed by atoms with Crippen molar-refractivity contribution in [2.45, 2.75) is 56.5 Å². The summed E-state index contributed by atoms with van der Waals surface area (Å²) in [6, 6.07) is 13.5. The number of rotatable bonds is 4. The van der Waals surface area contributed by atoms with E-state index in [0.717, 1.165) is 48.4 Å². The Morgan fingerprint density at radius 1 is 1.12 bits per heavy atom. The van der Waals surface area contributed by atoms with E-state index in [1.165, 1.54) is 0 Å². The van der Waals surface area contributed by atoms with E-state index in [9.17, 15) is 14.4 Å². The Morgan fingerprint density at radius 3 is 2.82 bits per heavy atom. The summed E-state index contributed by atoms with van der Waals surface area (Å²) >= 11 is 0. The Morgan fingerprint density at radius 2 is 2.00 bits per heavy atom. The smallest absolute Gasteiger partial charge is 0.255 e. The van der Waals surface area contributed by atoms with Gasteiger partial charge in [0.05, 0.1) is 0 Å². The second-order valence-corrected chi connectivity index (χ2v) is 9.73. The number of carbonyl (C=O) groups excluding carboxylic acids is 3. The van der Waals surface area contributed by atoms with Crippen LogP contribution in [0.15, 0.2) is 42.5 Å². The second-order valence-electron chi connectivity index (χ2n) is 9.73. The lowest BCUT2D eigenvalue weighted by Crippen LogP contribution is -2.52. The zero-order chi connectivity index (χ0) is 23.3. The van der Waals surface area contributed by atoms with Crippen molar-refractivity contribution in [3.63, 3.8) is 0 Å². The molecule has 0 saturated carbocycles. The van der Waals surface area contributed by atoms with Gasteiger partial charge < -0.3 is 20.3 Å². The maximum absolute atomic E-state index is 13.1. The lowest BCUT2D eigenvalue weighted by atomic mass is 9.86. The number of imide groups is 1. The highest BCUT2D eigenvalue weighted by Gasteiger charge is 2.43. The van der Waals surface area contributed by atoms with Crippen molar-refractivity contribution in [2.75, 3.05) is 13.1 Å². The van der Waals surface area contributed by atoms with Gasteiger partial charge in [-0.2, -0.15) is 0 Å². The van der Waals surface area contributed by atoms with Crippen LogP contribution in [0, 0.1) is 0 Å². The monoisotopic (exact) mass is 460 g/mol. The molecule has 8 heteroatoms. The summed E-state index contributed by atoms with van der Waals surface area (Å²) in [5.74, 6) is 0.139. The highest BCUT2D eigenvalue weighted by Crippen LogP contribution is 2.42. The zero-order valence-corrected chi connectivity index (χ0v) is 18.9. The van der Waals surface area contributed by atoms with Gasteiger partial charge in [0.15, 0.2) is 0 Å². The molecule has 4 aliphatic heterocycles. The highest BCUT2D eigenvalue weighted by atomic mass is 16.5. The molecule has 3 atom stereocenters. The van der Waals surface area contributed by atoms with Crippen molar-refractivity contribution >= 4 is 17.7 Å². The van der Waals surface area contributed by atoms with Gasteiger partial charge in [-0.25, -0.2) is 0 Å². The number of fused-ring (bicyclic) bond motifs is 2. The van der Waals surface area contributed by atoms with Crippen molar-refractivity contribution in [3.8, 4) is 5.75 Å². The molecule has 2 fully saturated rings. The number of nitrogens with zero attached hydrogens (tertiary/aromatic N) is 1. The predicted molar refractivity (Wildman–Crippen MR) is 124 cm³/mol. The van der Waals surface area contributed by atoms with E-state index in [-0.39, 0.29) is 35.8 Å². The summed E-state index contributed by atoms with van der Waals surface area (Å²) < 4.78 is 6.43. The zero-order valence-electron chi connectivity index (χ0n) is 18.9. The molecule has 34 heavy (non-hydrogen) atoms. The molecule has 8 nitrogen and oxygen atoms in total. The molecule has 3 amide bonds. The summed E-state index contributed by atoms with van der Waals surface area (Å²) in [4.78, 5) is 38.7. The molecule has 1 spiro atoms. The van der Waals surface area contributed by atoms with E-state index < -0.39 is 6.04 Å². The van der Waals surface area contributed by atoms with Crippen LogP contribution < -0.4 is 20.7 Å². The lowest BCUT2D eigenvalue weighted by molar-refractivity contribution is -0.136. The Kier molecular flexibility index (Phi) is 5.15. The number of carbonyl (C=O) groups is 3. The largest absolute Gasteiger partial charge is 0.485 e. The van der Waals surface area contributed by atoms with Gasteiger partial charge in [-0.15, -0.1) is 0 Å². The van der Waals surface area contributed by atoms with Gasteiger partial charge in [0, 0.05) is 56.1 Å². The number of hydrogen-bond acceptors (Lipinski definition) is 6. The SMILES string of the molecule is O=C1CCC(N2Cc3c(CNC4CC5(CCNC5)Oc5ccccc54)cccc3C2=O)C(=O)N1. The van der Waals surface area contributed by atoms with Gasteiger partial charge in [-0.05, 0) is 36.2 Å². The van der Waals surface area contributed by atoms with E-state index in [4.69, 9.17) is 4.74 Å². The van der Waals surface area contributed by atoms with Crippen molar-refractivity contribution < 1.29 is 19.1 Å². The Balaban J connectivity index is 1.22. The molecule has 3 unspecified atom stereocenters. The van der Waals surface area contributed by atoms with Crippen LogP contribution in [0.4, 0.5) is 0 Å². The topological polar surface area (TPSA) is 99.8 Å². The third kappa shape index (κ3) is 3.58. The number of nitrogens with one attached hydrogen (secondary N) is 3. The molecule has 6 rings (SSSR count). The minimum Gasteiger partial charge on any atom is -0.485 e. The summed E-state index contributed by atoms with van der Waals surface area (Å²) in [7, 11) is 0. The number of hydrogen-bond donors (Lipinski definition) is 3. The summed E-state index contributed by atoms with van der Waals surface area (Å²) in [6.07, 6.45) is 2.49. The van der Waals surface area contributed by atoms with Crippen LogP contribution >= 0.6 is 0 Å². The fourth-order valence-corrected chi connectivity index (χ4v) is 5.83. The Hall–Kier alpha value is -3.23. The van der Waals surface area contributed by atoms with Gasteiger partial charge in [0.25, 0.3) is 5.91 Å². The maximum Gasteiger partial charge on any atom is 0.255 e. The van der Waals surface area contributed by atoms with Gasteiger partial charge in [-0.1, -0.05) is 30.3 Å². The molecular weight excluding hydrogens is 432 g/mol. The van der Waals surface area contributed by atoms with E-state index in [2.05, 4.69) is 22.0 Å². The van der Waals surface area contributed by atoms with Crippen LogP contribution in [0.2, 0.25) is 0 Å². The molecule has 0 bridgehead atoms. The molecule has 0 aliphatic carbocycles. The second kappa shape index (κ2) is 8.21. The molecule has 0 radical (unpaired) electrons. The molecular formula is C26H28N4O4. The highest BCUT2D eigenvalue weighted by molar-refractivity contribution is 6.05. The predicted octanol–water partition coefficient (Wildman–Crippen LogP) is 1.79. The van der Waals surface area contributed by atoms with E-state index in [1.54, 1.807) is 4.90 Å². The molecule has 4 aliphatic rings. The summed E-state index contributed by atoms with van der Waals surface area (Å²) in [5.41, 5.74) is 3.63. The molecule has 0 aromatic heterocycles. The summed E-state index contributed by atoms with van der Waals surface area (Å²) in [6.45, 7) is 2.80. The Bertz CT molecular complexity index is 1170. The average molecular weight is 461 g/mol. The fraction of sp³-hybridized carbons (Fsp3) is 0.423. The molecule has 176 valence electrons. The summed E-state index contributed by atoms with van der Waals surface area (Å²) in [5, 5.41) is 9.55. The van der Waals surface area contributed by atoms with Gasteiger partial charge in [0.1, 0.15) is 17.4 Å². The first-order valence-electron chi connectivity index (χ1n) is 12.0. The standard InChI is InChI=1S/C26H28N4O4/c31-23-9-8-21(24(32)29-23)30-14-19-16(4-3-6-17(19)25(30)33)13-28-20-12-26(10-11-27-15-26)34-22-7-2-1-5-18(20)22/h1-7,20-21,27-28H,8-15H2,(H,29,31,32). The van der Waals surface area contributed by atoms with E-state index in [0.29, 0.717) is 25.1 Å². The maximum atomic E-state index is 13.1. The van der Waals surface area contributed by atoms with E-state index in [1.807, 2.05) is 36.4 Å². The number of benzene rings is 2. The van der Waals surface area contributed by atoms with Crippen LogP contribution in [-0.4, -0.2) is 47.4 Å². The van der Waals surface area contributed by atoms with Crippen molar-refractivity contribution in [2.24, 2.45) is 0 Å². The fourth-order valence-electron chi connectivity index (χ4n) is 5.83. The molecule has 2 saturated heterocycles. The third-order valence-electron chi connectivity index (χ3n) is 7.62. The van der Waals surface area contributed by atoms with Crippen LogP contribution in [0.25, 0.3) is 0 Å². The molecule has 2 aromatic rings. The minimum atomic E-state index is -0.601. The lowest BCUT2D eigenvalue weighted by Gasteiger charge is -2.40. The first-order valence-corrected chi connectivity index (χ1v) is 12.0. The first-order chi connectivity index (χ1) is 16.5. The van der Waals surface area contributed by atoms with Crippen molar-refractivity contribution in [1.29, 1.82) is 0 Å². The number of ether oxygens (including phenoxy) is 1. The Labute approximate surface area is 198 Å². The van der Waals surface area contributed by atoms with Crippen molar-refractivity contribution in [1.82, 2.24) is 20.9 Å². The average Bonchev–Trinajstić information content (AvgIpc) is 3.42. The van der Waals surface area contributed by atoms with E-state index >= 15 is 0 Å². The van der Waals surface area contributed by atoms with Crippen LogP contribution in [-0.2, 0) is 22.7 Å². The van der Waals surface area contributed by atoms with Crippen LogP contribution in [0.5, 0.6) is 5.75 Å². The number of para-hydroxylation sites is 1. The van der Waals surface area contributed by atoms with Gasteiger partial charge >= 0.3 is 0 Å². The molecule has 4 heterocycles. The normalized spacial score (nSPS) is 28.0. The molecule has 3 N–H and O–H groups in total. The van der Waals surface area contributed by atoms with Crippen LogP contribution in [0.1, 0.15) is 58.8 Å². The third-order valence-corrected chi connectivity index (χ3v) is 7.62. The number of amides is 3. The quantitative estimate of drug-likeness (QED) is 0.602. The van der Waals surface area contributed by atoms with Gasteiger partial charge in [-0.3, -0.25) is 19.7 Å². The minimum absolute atomic E-state index is 0.140. The molecule has 2 aromatic carbocycles. The first kappa shape index (κ1) is 21.3. The number of piperidine rings is 1. The van der Waals surface area contributed by atoms with Gasteiger partial charge in [0.2, 0.25) is 11.8 Å². The van der Waals surface area contributed by atoms with Crippen molar-refractivity contribution in [3.05, 3.63) is 64.7 Å².